The molecule has 0 atom stereocenters. The lowest BCUT2D eigenvalue weighted by Crippen LogP contribution is -2.32. The number of carbonyl (C=O) groups excluding carboxylic acids is 2. The maximum Gasteiger partial charge on any atom is 0.339 e. The summed E-state index contributed by atoms with van der Waals surface area (Å²) in [6.45, 7) is 6.73. The Balaban J connectivity index is 2.97. The van der Waals surface area contributed by atoms with Gasteiger partial charge in [-0.25, -0.2) is 4.79 Å². The van der Waals surface area contributed by atoms with E-state index in [9.17, 15) is 9.59 Å². The van der Waals surface area contributed by atoms with E-state index in [0.717, 1.165) is 0 Å². The van der Waals surface area contributed by atoms with Crippen molar-refractivity contribution in [1.29, 1.82) is 0 Å². The van der Waals surface area contributed by atoms with Gasteiger partial charge in [-0.2, -0.15) is 0 Å². The minimum absolute atomic E-state index is 0.0112. The van der Waals surface area contributed by atoms with Gasteiger partial charge in [-0.1, -0.05) is 6.92 Å². The smallest absolute Gasteiger partial charge is 0.339 e. The molecule has 2 N–H and O–H groups in total. The fourth-order valence-electron chi connectivity index (χ4n) is 2.21. The number of aliphatic hydroxyl groups is 1. The molecule has 112 valence electrons. The SMILES string of the molecule is CCN(CCO)CC(=O)c1[nH]c(C)c(C(=O)OC)c1C. The highest BCUT2D eigenvalue weighted by Gasteiger charge is 2.23. The number of likely N-dealkylation sites (N-methyl/N-ethyl adjacent to an activating group) is 1. The topological polar surface area (TPSA) is 82.6 Å². The van der Waals surface area contributed by atoms with Crippen molar-refractivity contribution in [3.8, 4) is 0 Å². The number of nitrogens with one attached hydrogen (secondary N) is 1. The third-order valence-electron chi connectivity index (χ3n) is 3.34. The van der Waals surface area contributed by atoms with Crippen molar-refractivity contribution < 1.29 is 19.4 Å². The van der Waals surface area contributed by atoms with Gasteiger partial charge in [-0.15, -0.1) is 0 Å². The first-order chi connectivity index (χ1) is 9.46. The number of hydrogen-bond donors (Lipinski definition) is 2. The van der Waals surface area contributed by atoms with Gasteiger partial charge in [0.15, 0.2) is 5.78 Å². The van der Waals surface area contributed by atoms with Crippen molar-refractivity contribution in [3.63, 3.8) is 0 Å². The van der Waals surface area contributed by atoms with Crippen molar-refractivity contribution in [3.05, 3.63) is 22.5 Å². The zero-order valence-corrected chi connectivity index (χ0v) is 12.4. The lowest BCUT2D eigenvalue weighted by Gasteiger charge is -2.17. The fraction of sp³-hybridized carbons (Fsp3) is 0.571. The second-order valence-electron chi connectivity index (χ2n) is 4.63. The van der Waals surface area contributed by atoms with Crippen LogP contribution in [0.1, 0.15) is 39.0 Å². The van der Waals surface area contributed by atoms with Gasteiger partial charge in [0, 0.05) is 12.2 Å². The van der Waals surface area contributed by atoms with Gasteiger partial charge >= 0.3 is 5.97 Å². The molecule has 1 aromatic rings. The molecule has 0 radical (unpaired) electrons. The van der Waals surface area contributed by atoms with E-state index in [2.05, 4.69) is 4.98 Å². The minimum Gasteiger partial charge on any atom is -0.465 e. The van der Waals surface area contributed by atoms with E-state index in [4.69, 9.17) is 9.84 Å². The maximum atomic E-state index is 12.3. The van der Waals surface area contributed by atoms with Crippen LogP contribution < -0.4 is 0 Å². The summed E-state index contributed by atoms with van der Waals surface area (Å²) >= 11 is 0. The Hall–Kier alpha value is -1.66. The number of H-pyrrole nitrogens is 1. The van der Waals surface area contributed by atoms with E-state index in [0.29, 0.717) is 35.6 Å². The molecule has 0 saturated heterocycles. The fourth-order valence-corrected chi connectivity index (χ4v) is 2.21. The number of aryl methyl sites for hydroxylation is 1. The molecular formula is C14H22N2O4. The maximum absolute atomic E-state index is 12.3. The normalized spacial score (nSPS) is 10.9. The summed E-state index contributed by atoms with van der Waals surface area (Å²) in [5.74, 6) is -0.547. The zero-order chi connectivity index (χ0) is 15.3. The lowest BCUT2D eigenvalue weighted by molar-refractivity contribution is 0.0599. The molecule has 0 aliphatic rings. The molecule has 0 bridgehead atoms. The molecule has 6 nitrogen and oxygen atoms in total. The molecule has 0 unspecified atom stereocenters. The Kier molecular flexibility index (Phi) is 5.91. The number of nitrogens with zero attached hydrogens (tertiary/aromatic N) is 1. The van der Waals surface area contributed by atoms with Crippen molar-refractivity contribution in [2.45, 2.75) is 20.8 Å². The predicted octanol–water partition coefficient (Wildman–Crippen LogP) is 0.915. The Morgan fingerprint density at radius 3 is 2.50 bits per heavy atom. The van der Waals surface area contributed by atoms with Gasteiger partial charge in [-0.05, 0) is 26.0 Å². The zero-order valence-electron chi connectivity index (χ0n) is 12.4. The molecule has 0 aliphatic carbocycles. The van der Waals surface area contributed by atoms with E-state index >= 15 is 0 Å². The van der Waals surface area contributed by atoms with E-state index in [1.165, 1.54) is 7.11 Å². The van der Waals surface area contributed by atoms with Crippen LogP contribution >= 0.6 is 0 Å². The Morgan fingerprint density at radius 2 is 2.00 bits per heavy atom. The molecule has 0 saturated carbocycles. The average Bonchev–Trinajstić information content (AvgIpc) is 2.72. The van der Waals surface area contributed by atoms with E-state index in [1.54, 1.807) is 13.8 Å². The number of esters is 1. The number of carbonyl (C=O) groups is 2. The molecule has 0 spiro atoms. The summed E-state index contributed by atoms with van der Waals surface area (Å²) in [5.41, 5.74) is 2.09. The van der Waals surface area contributed by atoms with Crippen LogP contribution in [-0.4, -0.2) is 60.1 Å². The van der Waals surface area contributed by atoms with Crippen LogP contribution in [0.15, 0.2) is 0 Å². The van der Waals surface area contributed by atoms with Gasteiger partial charge in [0.2, 0.25) is 0 Å². The van der Waals surface area contributed by atoms with E-state index in [-0.39, 0.29) is 18.9 Å². The molecule has 1 heterocycles. The molecule has 1 rings (SSSR count). The highest BCUT2D eigenvalue weighted by molar-refractivity contribution is 6.02. The van der Waals surface area contributed by atoms with Crippen molar-refractivity contribution in [2.24, 2.45) is 0 Å². The van der Waals surface area contributed by atoms with Crippen LogP contribution in [0.5, 0.6) is 0 Å². The van der Waals surface area contributed by atoms with Crippen LogP contribution in [0.4, 0.5) is 0 Å². The average molecular weight is 282 g/mol. The molecule has 20 heavy (non-hydrogen) atoms. The van der Waals surface area contributed by atoms with E-state index in [1.807, 2.05) is 11.8 Å². The van der Waals surface area contributed by atoms with Crippen molar-refractivity contribution >= 4 is 11.8 Å². The quantitative estimate of drug-likeness (QED) is 0.574. The number of aliphatic hydroxyl groups excluding tert-OH is 1. The Bertz CT molecular complexity index is 494. The summed E-state index contributed by atoms with van der Waals surface area (Å²) in [6, 6.07) is 0. The van der Waals surface area contributed by atoms with Gasteiger partial charge in [0.25, 0.3) is 0 Å². The predicted molar refractivity (Wildman–Crippen MR) is 75.1 cm³/mol. The standard InChI is InChI=1S/C14H22N2O4/c1-5-16(6-7-17)8-11(18)13-9(2)12(10(3)15-13)14(19)20-4/h15,17H,5-8H2,1-4H3. The number of aromatic amines is 1. The summed E-state index contributed by atoms with van der Waals surface area (Å²) in [5, 5.41) is 8.94. The molecule has 0 amide bonds. The van der Waals surface area contributed by atoms with Crippen molar-refractivity contribution in [2.75, 3.05) is 33.4 Å². The molecule has 0 fully saturated rings. The first-order valence-electron chi connectivity index (χ1n) is 6.60. The number of aromatic nitrogens is 1. The summed E-state index contributed by atoms with van der Waals surface area (Å²) < 4.78 is 4.72. The van der Waals surface area contributed by atoms with Gasteiger partial charge in [0.05, 0.1) is 31.5 Å². The number of ether oxygens (including phenoxy) is 1. The van der Waals surface area contributed by atoms with E-state index < -0.39 is 5.97 Å². The molecular weight excluding hydrogens is 260 g/mol. The van der Waals surface area contributed by atoms with Crippen molar-refractivity contribution in [1.82, 2.24) is 9.88 Å². The lowest BCUT2D eigenvalue weighted by atomic mass is 10.1. The first kappa shape index (κ1) is 16.4. The number of ketones is 1. The number of hydrogen-bond acceptors (Lipinski definition) is 5. The third-order valence-corrected chi connectivity index (χ3v) is 3.34. The number of methoxy groups -OCH3 is 1. The van der Waals surface area contributed by atoms with Crippen LogP contribution in [-0.2, 0) is 4.74 Å². The minimum atomic E-state index is -0.446. The van der Waals surface area contributed by atoms with Crippen LogP contribution in [0.25, 0.3) is 0 Å². The van der Waals surface area contributed by atoms with Gasteiger partial charge in [0.1, 0.15) is 0 Å². The highest BCUT2D eigenvalue weighted by Crippen LogP contribution is 2.19. The molecule has 0 aromatic carbocycles. The van der Waals surface area contributed by atoms with Gasteiger partial charge in [-0.3, -0.25) is 9.69 Å². The number of Topliss-reactive ketones (excluding diaryl/α,β-unsaturated/α-hetero) is 1. The Morgan fingerprint density at radius 1 is 1.35 bits per heavy atom. The summed E-state index contributed by atoms with van der Waals surface area (Å²) in [6.07, 6.45) is 0. The number of rotatable bonds is 7. The molecule has 1 aromatic heterocycles. The molecule has 6 heteroatoms. The second kappa shape index (κ2) is 7.21. The monoisotopic (exact) mass is 282 g/mol. The molecule has 0 aliphatic heterocycles. The summed E-state index contributed by atoms with van der Waals surface area (Å²) in [7, 11) is 1.32. The van der Waals surface area contributed by atoms with Gasteiger partial charge < -0.3 is 14.8 Å². The summed E-state index contributed by atoms with van der Waals surface area (Å²) in [4.78, 5) is 28.8. The van der Waals surface area contributed by atoms with Crippen LogP contribution in [0.3, 0.4) is 0 Å². The second-order valence-corrected chi connectivity index (χ2v) is 4.63. The highest BCUT2D eigenvalue weighted by atomic mass is 16.5. The third kappa shape index (κ3) is 3.46. The Labute approximate surface area is 118 Å². The largest absolute Gasteiger partial charge is 0.465 e. The van der Waals surface area contributed by atoms with Crippen LogP contribution in [0.2, 0.25) is 0 Å². The first-order valence-corrected chi connectivity index (χ1v) is 6.60. The van der Waals surface area contributed by atoms with Crippen LogP contribution in [0, 0.1) is 13.8 Å².